The minimum atomic E-state index is -0.390. The van der Waals surface area contributed by atoms with Gasteiger partial charge in [-0.15, -0.1) is 0 Å². The van der Waals surface area contributed by atoms with Gasteiger partial charge in [-0.3, -0.25) is 4.98 Å². The number of anilines is 1. The molecule has 3 heterocycles. The minimum Gasteiger partial charge on any atom is -0.497 e. The third kappa shape index (κ3) is 5.29. The maximum Gasteiger partial charge on any atom is 0.337 e. The summed E-state index contributed by atoms with van der Waals surface area (Å²) in [6.07, 6.45) is 3.76. The minimum absolute atomic E-state index is 0.230. The zero-order valence-electron chi connectivity index (χ0n) is 23.0. The van der Waals surface area contributed by atoms with Gasteiger partial charge < -0.3 is 29.0 Å². The van der Waals surface area contributed by atoms with Gasteiger partial charge in [0.05, 0.1) is 31.5 Å². The molecule has 1 aliphatic rings. The Morgan fingerprint density at radius 2 is 1.57 bits per heavy atom. The van der Waals surface area contributed by atoms with Crippen LogP contribution in [0.25, 0.3) is 5.69 Å². The quantitative estimate of drug-likeness (QED) is 0.163. The van der Waals surface area contributed by atoms with Gasteiger partial charge in [0.15, 0.2) is 5.11 Å². The summed E-state index contributed by atoms with van der Waals surface area (Å²) in [6, 6.07) is 32.1. The third-order valence-electron chi connectivity index (χ3n) is 7.14. The summed E-state index contributed by atoms with van der Waals surface area (Å²) in [5.41, 5.74) is 4.04. The summed E-state index contributed by atoms with van der Waals surface area (Å²) in [5, 5.41) is 4.08. The van der Waals surface area contributed by atoms with Crippen molar-refractivity contribution in [3.05, 3.63) is 132 Å². The number of benzene rings is 3. The second kappa shape index (κ2) is 11.8. The Kier molecular flexibility index (Phi) is 7.57. The van der Waals surface area contributed by atoms with E-state index in [1.165, 1.54) is 7.11 Å². The lowest BCUT2D eigenvalue weighted by molar-refractivity contribution is 0.0600. The normalized spacial score (nSPS) is 16.1. The summed E-state index contributed by atoms with van der Waals surface area (Å²) >= 11 is 5.92. The molecule has 8 nitrogen and oxygen atoms in total. The van der Waals surface area contributed by atoms with E-state index in [1.54, 1.807) is 19.4 Å². The Balaban J connectivity index is 1.37. The first-order valence-electron chi connectivity index (χ1n) is 13.3. The fourth-order valence-electron chi connectivity index (χ4n) is 5.16. The van der Waals surface area contributed by atoms with Crippen molar-refractivity contribution in [3.8, 4) is 22.9 Å². The number of rotatable bonds is 8. The SMILES string of the molecule is COC(=O)c1cccc(-n2cccc2C2C(c3ccccn3)NC(=S)N2c2ccc(Oc3ccc(OC)cc3)cc2)c1. The van der Waals surface area contributed by atoms with Gasteiger partial charge in [0.2, 0.25) is 0 Å². The van der Waals surface area contributed by atoms with E-state index in [0.29, 0.717) is 22.2 Å². The number of carbonyl (C=O) groups excluding carboxylic acids is 1. The molecular formula is C33H28N4O4S. The average molecular weight is 577 g/mol. The Hall–Kier alpha value is -5.15. The van der Waals surface area contributed by atoms with Crippen molar-refractivity contribution in [1.29, 1.82) is 0 Å². The van der Waals surface area contributed by atoms with Crippen LogP contribution in [0.3, 0.4) is 0 Å². The monoisotopic (exact) mass is 576 g/mol. The van der Waals surface area contributed by atoms with Gasteiger partial charge in [0, 0.05) is 29.5 Å². The van der Waals surface area contributed by atoms with Crippen molar-refractivity contribution in [2.45, 2.75) is 12.1 Å². The maximum absolute atomic E-state index is 12.3. The molecule has 0 aliphatic carbocycles. The standard InChI is InChI=1S/C33H28N4O4S/c1-39-25-15-17-27(18-16-25)41-26-13-11-23(12-14-26)37-31(30(35-33(37)42)28-9-3-4-19-34-28)29-10-6-20-36(29)24-8-5-7-22(21-24)32(38)40-2/h3-21,30-31H,1-2H3,(H,35,42). The van der Waals surface area contributed by atoms with Crippen LogP contribution in [-0.2, 0) is 4.74 Å². The molecule has 2 unspecified atom stereocenters. The highest BCUT2D eigenvalue weighted by Gasteiger charge is 2.42. The number of pyridine rings is 1. The van der Waals surface area contributed by atoms with E-state index < -0.39 is 0 Å². The van der Waals surface area contributed by atoms with Gasteiger partial charge in [-0.1, -0.05) is 12.1 Å². The summed E-state index contributed by atoms with van der Waals surface area (Å²) < 4.78 is 18.3. The lowest BCUT2D eigenvalue weighted by Gasteiger charge is -2.29. The number of esters is 1. The van der Waals surface area contributed by atoms with Crippen LogP contribution in [0.1, 0.15) is 33.8 Å². The lowest BCUT2D eigenvalue weighted by Crippen LogP contribution is -2.30. The highest BCUT2D eigenvalue weighted by Crippen LogP contribution is 2.42. The fourth-order valence-corrected chi connectivity index (χ4v) is 5.50. The van der Waals surface area contributed by atoms with Gasteiger partial charge in [0.1, 0.15) is 23.3 Å². The highest BCUT2D eigenvalue weighted by atomic mass is 32.1. The molecule has 0 saturated carbocycles. The van der Waals surface area contributed by atoms with Crippen LogP contribution in [0.15, 0.2) is 116 Å². The molecule has 1 aliphatic heterocycles. The molecule has 2 aromatic heterocycles. The second-order valence-electron chi connectivity index (χ2n) is 9.61. The molecule has 3 aromatic carbocycles. The Labute approximate surface area is 249 Å². The van der Waals surface area contributed by atoms with Crippen LogP contribution < -0.4 is 19.7 Å². The largest absolute Gasteiger partial charge is 0.497 e. The number of thiocarbonyl (C=S) groups is 1. The number of carbonyl (C=O) groups is 1. The van der Waals surface area contributed by atoms with Crippen molar-refractivity contribution < 1.29 is 19.0 Å². The van der Waals surface area contributed by atoms with Crippen LogP contribution in [0.2, 0.25) is 0 Å². The zero-order valence-corrected chi connectivity index (χ0v) is 23.8. The molecule has 0 spiro atoms. The van der Waals surface area contributed by atoms with Gasteiger partial charge >= 0.3 is 5.97 Å². The molecule has 1 N–H and O–H groups in total. The highest BCUT2D eigenvalue weighted by molar-refractivity contribution is 7.80. The Bertz CT molecular complexity index is 1700. The predicted octanol–water partition coefficient (Wildman–Crippen LogP) is 6.64. The smallest absolute Gasteiger partial charge is 0.337 e. The molecule has 5 aromatic rings. The molecular weight excluding hydrogens is 548 g/mol. The number of nitrogens with zero attached hydrogens (tertiary/aromatic N) is 3. The molecule has 9 heteroatoms. The molecule has 42 heavy (non-hydrogen) atoms. The summed E-state index contributed by atoms with van der Waals surface area (Å²) in [5.74, 6) is 1.78. The summed E-state index contributed by atoms with van der Waals surface area (Å²) in [7, 11) is 3.01. The molecule has 0 radical (unpaired) electrons. The van der Waals surface area contributed by atoms with Crippen molar-refractivity contribution in [3.63, 3.8) is 0 Å². The molecule has 2 atom stereocenters. The molecule has 210 valence electrons. The van der Waals surface area contributed by atoms with Crippen molar-refractivity contribution in [2.75, 3.05) is 19.1 Å². The van der Waals surface area contributed by atoms with E-state index >= 15 is 0 Å². The number of methoxy groups -OCH3 is 2. The number of ether oxygens (including phenoxy) is 3. The van der Waals surface area contributed by atoms with Crippen LogP contribution in [-0.4, -0.2) is 34.9 Å². The predicted molar refractivity (Wildman–Crippen MR) is 165 cm³/mol. The average Bonchev–Trinajstić information content (AvgIpc) is 3.66. The van der Waals surface area contributed by atoms with E-state index in [0.717, 1.165) is 28.5 Å². The molecule has 1 saturated heterocycles. The van der Waals surface area contributed by atoms with Gasteiger partial charge in [-0.05, 0) is 103 Å². The summed E-state index contributed by atoms with van der Waals surface area (Å²) in [6.45, 7) is 0. The lowest BCUT2D eigenvalue weighted by atomic mass is 10.0. The Morgan fingerprint density at radius 3 is 2.26 bits per heavy atom. The number of hydrogen-bond donors (Lipinski definition) is 1. The van der Waals surface area contributed by atoms with Crippen LogP contribution in [0, 0.1) is 0 Å². The topological polar surface area (TPSA) is 77.9 Å². The second-order valence-corrected chi connectivity index (χ2v) is 10.00. The molecule has 1 fully saturated rings. The van der Waals surface area contributed by atoms with Crippen LogP contribution in [0.4, 0.5) is 5.69 Å². The first kappa shape index (κ1) is 27.0. The first-order chi connectivity index (χ1) is 20.6. The third-order valence-corrected chi connectivity index (χ3v) is 7.45. The van der Waals surface area contributed by atoms with E-state index in [-0.39, 0.29) is 18.1 Å². The van der Waals surface area contributed by atoms with E-state index in [4.69, 9.17) is 26.4 Å². The van der Waals surface area contributed by atoms with Crippen LogP contribution in [0.5, 0.6) is 17.2 Å². The van der Waals surface area contributed by atoms with Crippen molar-refractivity contribution in [2.24, 2.45) is 0 Å². The zero-order chi connectivity index (χ0) is 29.1. The van der Waals surface area contributed by atoms with Gasteiger partial charge in [0.25, 0.3) is 0 Å². The number of nitrogens with one attached hydrogen (secondary N) is 1. The molecule has 6 rings (SSSR count). The van der Waals surface area contributed by atoms with Gasteiger partial charge in [-0.25, -0.2) is 4.79 Å². The Morgan fingerprint density at radius 1 is 0.833 bits per heavy atom. The molecule has 0 amide bonds. The summed E-state index contributed by atoms with van der Waals surface area (Å²) in [4.78, 5) is 19.0. The van der Waals surface area contributed by atoms with E-state index in [1.807, 2.05) is 97.2 Å². The van der Waals surface area contributed by atoms with Gasteiger partial charge in [-0.2, -0.15) is 0 Å². The van der Waals surface area contributed by atoms with Crippen molar-refractivity contribution in [1.82, 2.24) is 14.9 Å². The maximum atomic E-state index is 12.3. The van der Waals surface area contributed by atoms with Crippen LogP contribution >= 0.6 is 12.2 Å². The fraction of sp³-hybridized carbons (Fsp3) is 0.121. The van der Waals surface area contributed by atoms with Crippen molar-refractivity contribution >= 4 is 29.0 Å². The molecule has 0 bridgehead atoms. The first-order valence-corrected chi connectivity index (χ1v) is 13.7. The number of aromatic nitrogens is 2. The van der Waals surface area contributed by atoms with E-state index in [9.17, 15) is 4.79 Å². The van der Waals surface area contributed by atoms with E-state index in [2.05, 4.69) is 25.8 Å². The number of hydrogen-bond acceptors (Lipinski definition) is 6.